The molecule has 21 heavy (non-hydrogen) atoms. The second kappa shape index (κ2) is 5.40. The second-order valence-corrected chi connectivity index (χ2v) is 4.35. The summed E-state index contributed by atoms with van der Waals surface area (Å²) in [7, 11) is 0. The number of carbonyl (C=O) groups excluding carboxylic acids is 1. The van der Waals surface area contributed by atoms with E-state index in [1.54, 1.807) is 0 Å². The minimum absolute atomic E-state index is 0.0546. The number of aldehydes is 1. The summed E-state index contributed by atoms with van der Waals surface area (Å²) in [6.07, 6.45) is 0.578. The summed E-state index contributed by atoms with van der Waals surface area (Å²) < 4.78 is 42.7. The average Bonchev–Trinajstić information content (AvgIpc) is 2.93. The molecule has 1 aliphatic heterocycles. The SMILES string of the molecule is O=Cc1cc2c(cc1OCc1c(F)cccc1F)OCO2. The minimum atomic E-state index is -0.705. The lowest BCUT2D eigenvalue weighted by molar-refractivity contribution is 0.111. The quantitative estimate of drug-likeness (QED) is 0.812. The first-order valence-electron chi connectivity index (χ1n) is 6.13. The van der Waals surface area contributed by atoms with Crippen molar-refractivity contribution in [2.45, 2.75) is 6.61 Å². The molecule has 1 heterocycles. The molecule has 0 amide bonds. The van der Waals surface area contributed by atoms with Gasteiger partial charge < -0.3 is 14.2 Å². The summed E-state index contributed by atoms with van der Waals surface area (Å²) >= 11 is 0. The average molecular weight is 292 g/mol. The summed E-state index contributed by atoms with van der Waals surface area (Å²) in [6.45, 7) is -0.280. The van der Waals surface area contributed by atoms with Crippen LogP contribution < -0.4 is 14.2 Å². The van der Waals surface area contributed by atoms with Gasteiger partial charge in [0, 0.05) is 6.07 Å². The number of carbonyl (C=O) groups is 1. The van der Waals surface area contributed by atoms with Crippen LogP contribution in [0.5, 0.6) is 17.2 Å². The molecule has 2 aromatic rings. The van der Waals surface area contributed by atoms with E-state index in [0.717, 1.165) is 12.1 Å². The Labute approximate surface area is 118 Å². The number of fused-ring (bicyclic) bond motifs is 1. The van der Waals surface area contributed by atoms with Crippen LogP contribution in [0.1, 0.15) is 15.9 Å². The van der Waals surface area contributed by atoms with E-state index in [-0.39, 0.29) is 30.3 Å². The largest absolute Gasteiger partial charge is 0.488 e. The molecule has 4 nitrogen and oxygen atoms in total. The molecule has 0 bridgehead atoms. The van der Waals surface area contributed by atoms with Gasteiger partial charge in [-0.1, -0.05) is 6.07 Å². The van der Waals surface area contributed by atoms with Gasteiger partial charge in [0.15, 0.2) is 17.8 Å². The third-order valence-electron chi connectivity index (χ3n) is 3.07. The first-order chi connectivity index (χ1) is 10.2. The van der Waals surface area contributed by atoms with Gasteiger partial charge in [-0.3, -0.25) is 4.79 Å². The molecule has 0 atom stereocenters. The molecule has 0 radical (unpaired) electrons. The van der Waals surface area contributed by atoms with Crippen LogP contribution in [0.4, 0.5) is 8.78 Å². The molecule has 0 aromatic heterocycles. The molecular weight excluding hydrogens is 282 g/mol. The Morgan fingerprint density at radius 2 is 1.81 bits per heavy atom. The van der Waals surface area contributed by atoms with Gasteiger partial charge in [-0.25, -0.2) is 8.78 Å². The Morgan fingerprint density at radius 1 is 1.14 bits per heavy atom. The predicted octanol–water partition coefficient (Wildman–Crippen LogP) is 3.09. The van der Waals surface area contributed by atoms with Crippen LogP contribution in [0.2, 0.25) is 0 Å². The van der Waals surface area contributed by atoms with Crippen molar-refractivity contribution in [2.24, 2.45) is 0 Å². The van der Waals surface area contributed by atoms with Crippen LogP contribution >= 0.6 is 0 Å². The van der Waals surface area contributed by atoms with Crippen molar-refractivity contribution in [1.82, 2.24) is 0 Å². The first kappa shape index (κ1) is 13.4. The summed E-state index contributed by atoms with van der Waals surface area (Å²) in [5.74, 6) is -0.380. The number of hydrogen-bond donors (Lipinski definition) is 0. The van der Waals surface area contributed by atoms with E-state index in [2.05, 4.69) is 0 Å². The number of rotatable bonds is 4. The molecule has 2 aromatic carbocycles. The maximum Gasteiger partial charge on any atom is 0.231 e. The highest BCUT2D eigenvalue weighted by atomic mass is 19.1. The highest BCUT2D eigenvalue weighted by molar-refractivity contribution is 5.81. The summed E-state index contributed by atoms with van der Waals surface area (Å²) in [5, 5.41) is 0. The Morgan fingerprint density at radius 3 is 2.48 bits per heavy atom. The van der Waals surface area contributed by atoms with Crippen LogP contribution in [-0.4, -0.2) is 13.1 Å². The Hall–Kier alpha value is -2.63. The summed E-state index contributed by atoms with van der Waals surface area (Å²) in [4.78, 5) is 11.0. The number of benzene rings is 2. The van der Waals surface area contributed by atoms with E-state index >= 15 is 0 Å². The molecule has 108 valence electrons. The Bertz CT molecular complexity index is 680. The van der Waals surface area contributed by atoms with Crippen LogP contribution in [-0.2, 0) is 6.61 Å². The molecule has 0 saturated carbocycles. The van der Waals surface area contributed by atoms with Gasteiger partial charge in [0.05, 0.1) is 11.1 Å². The lowest BCUT2D eigenvalue weighted by Gasteiger charge is -2.10. The highest BCUT2D eigenvalue weighted by Gasteiger charge is 2.18. The molecule has 6 heteroatoms. The Balaban J connectivity index is 1.87. The maximum atomic E-state index is 13.5. The third kappa shape index (κ3) is 2.52. The van der Waals surface area contributed by atoms with Crippen LogP contribution in [0.3, 0.4) is 0 Å². The van der Waals surface area contributed by atoms with Gasteiger partial charge in [0.1, 0.15) is 24.0 Å². The summed E-state index contributed by atoms with van der Waals surface area (Å²) in [5.41, 5.74) is 0.0167. The normalized spacial score (nSPS) is 12.3. The molecule has 0 unspecified atom stereocenters. The molecule has 0 saturated heterocycles. The first-order valence-corrected chi connectivity index (χ1v) is 6.13. The zero-order chi connectivity index (χ0) is 14.8. The van der Waals surface area contributed by atoms with Crippen molar-refractivity contribution in [1.29, 1.82) is 0 Å². The molecule has 0 fully saturated rings. The lowest BCUT2D eigenvalue weighted by Crippen LogP contribution is -2.03. The lowest BCUT2D eigenvalue weighted by atomic mass is 10.2. The van der Waals surface area contributed by atoms with E-state index < -0.39 is 11.6 Å². The van der Waals surface area contributed by atoms with E-state index in [0.29, 0.717) is 17.8 Å². The van der Waals surface area contributed by atoms with Crippen LogP contribution in [0.25, 0.3) is 0 Å². The van der Waals surface area contributed by atoms with E-state index in [9.17, 15) is 13.6 Å². The van der Waals surface area contributed by atoms with Crippen molar-refractivity contribution >= 4 is 6.29 Å². The van der Waals surface area contributed by atoms with E-state index in [1.165, 1.54) is 18.2 Å². The number of hydrogen-bond acceptors (Lipinski definition) is 4. The summed E-state index contributed by atoms with van der Waals surface area (Å²) in [6, 6.07) is 6.48. The molecule has 0 spiro atoms. The van der Waals surface area contributed by atoms with Crippen molar-refractivity contribution in [3.05, 3.63) is 53.1 Å². The van der Waals surface area contributed by atoms with Gasteiger partial charge in [-0.15, -0.1) is 0 Å². The van der Waals surface area contributed by atoms with Crippen LogP contribution in [0.15, 0.2) is 30.3 Å². The van der Waals surface area contributed by atoms with Gasteiger partial charge in [0.25, 0.3) is 0 Å². The molecule has 1 aliphatic rings. The Kier molecular flexibility index (Phi) is 3.43. The monoisotopic (exact) mass is 292 g/mol. The zero-order valence-electron chi connectivity index (χ0n) is 10.8. The van der Waals surface area contributed by atoms with Gasteiger partial charge in [-0.2, -0.15) is 0 Å². The zero-order valence-corrected chi connectivity index (χ0v) is 10.8. The third-order valence-corrected chi connectivity index (χ3v) is 3.07. The molecule has 3 rings (SSSR count). The van der Waals surface area contributed by atoms with Crippen molar-refractivity contribution in [3.8, 4) is 17.2 Å². The van der Waals surface area contributed by atoms with E-state index in [4.69, 9.17) is 14.2 Å². The van der Waals surface area contributed by atoms with Crippen molar-refractivity contribution in [2.75, 3.05) is 6.79 Å². The molecule has 0 N–H and O–H groups in total. The molecular formula is C15H10F2O4. The van der Waals surface area contributed by atoms with Crippen molar-refractivity contribution < 1.29 is 27.8 Å². The molecule has 0 aliphatic carbocycles. The van der Waals surface area contributed by atoms with Gasteiger partial charge in [-0.05, 0) is 18.2 Å². The van der Waals surface area contributed by atoms with Crippen LogP contribution in [0, 0.1) is 11.6 Å². The fourth-order valence-electron chi connectivity index (χ4n) is 1.98. The number of ether oxygens (including phenoxy) is 3. The predicted molar refractivity (Wildman–Crippen MR) is 68.6 cm³/mol. The minimum Gasteiger partial charge on any atom is -0.488 e. The van der Waals surface area contributed by atoms with Gasteiger partial charge in [0.2, 0.25) is 6.79 Å². The number of halogens is 2. The topological polar surface area (TPSA) is 44.8 Å². The maximum absolute atomic E-state index is 13.5. The fourth-order valence-corrected chi connectivity index (χ4v) is 1.98. The second-order valence-electron chi connectivity index (χ2n) is 4.35. The van der Waals surface area contributed by atoms with E-state index in [1.807, 2.05) is 0 Å². The van der Waals surface area contributed by atoms with Crippen molar-refractivity contribution in [3.63, 3.8) is 0 Å². The smallest absolute Gasteiger partial charge is 0.231 e. The van der Waals surface area contributed by atoms with Gasteiger partial charge >= 0.3 is 0 Å². The highest BCUT2D eigenvalue weighted by Crippen LogP contribution is 2.37. The fraction of sp³-hybridized carbons (Fsp3) is 0.133. The standard InChI is InChI=1S/C15H10F2O4/c16-11-2-1-3-12(17)10(11)7-19-13-5-15-14(20-8-21-15)4-9(13)6-18/h1-6H,7-8H2.